The first-order valence-electron chi connectivity index (χ1n) is 10.6. The molecule has 33 heavy (non-hydrogen) atoms. The van der Waals surface area contributed by atoms with Crippen molar-refractivity contribution in [3.63, 3.8) is 0 Å². The van der Waals surface area contributed by atoms with Crippen molar-refractivity contribution in [2.24, 2.45) is 0 Å². The average Bonchev–Trinajstić information content (AvgIpc) is 2.79. The Balaban J connectivity index is 1.28. The van der Waals surface area contributed by atoms with Gasteiger partial charge in [0.2, 0.25) is 0 Å². The molecule has 1 heterocycles. The van der Waals surface area contributed by atoms with Crippen molar-refractivity contribution in [3.05, 3.63) is 84.2 Å². The molecule has 0 atom stereocenters. The molecule has 3 aromatic rings. The van der Waals surface area contributed by atoms with E-state index in [1.165, 1.54) is 30.3 Å². The standard InChI is InChI=1S/C25H23F4NO3/c26-23-16-22(31-17-18-4-2-1-3-5-18)10-11-24(23)30-14-12-20(13-15-30)32-19-6-8-21(9-7-19)33-25(27,28)29/h1-11,16,20H,12-15,17H2. The zero-order valence-corrected chi connectivity index (χ0v) is 17.7. The van der Waals surface area contributed by atoms with Gasteiger partial charge in [0, 0.05) is 32.0 Å². The summed E-state index contributed by atoms with van der Waals surface area (Å²) >= 11 is 0. The van der Waals surface area contributed by atoms with Crippen LogP contribution in [0, 0.1) is 5.82 Å². The maximum Gasteiger partial charge on any atom is 0.573 e. The Bertz CT molecular complexity index is 1030. The number of benzene rings is 3. The first-order chi connectivity index (χ1) is 15.9. The number of alkyl halides is 3. The van der Waals surface area contributed by atoms with E-state index in [1.54, 1.807) is 12.1 Å². The topological polar surface area (TPSA) is 30.9 Å². The van der Waals surface area contributed by atoms with E-state index in [1.807, 2.05) is 35.2 Å². The van der Waals surface area contributed by atoms with Gasteiger partial charge in [-0.1, -0.05) is 30.3 Å². The molecule has 4 nitrogen and oxygen atoms in total. The summed E-state index contributed by atoms with van der Waals surface area (Å²) < 4.78 is 66.9. The minimum atomic E-state index is -4.73. The third kappa shape index (κ3) is 6.54. The van der Waals surface area contributed by atoms with E-state index >= 15 is 0 Å². The Kier molecular flexibility index (Phi) is 6.91. The highest BCUT2D eigenvalue weighted by Gasteiger charge is 2.31. The van der Waals surface area contributed by atoms with Crippen molar-refractivity contribution in [3.8, 4) is 17.2 Å². The lowest BCUT2D eigenvalue weighted by Crippen LogP contribution is -2.38. The summed E-state index contributed by atoms with van der Waals surface area (Å²) in [7, 11) is 0. The zero-order chi connectivity index (χ0) is 23.3. The molecule has 3 aromatic carbocycles. The second-order valence-corrected chi connectivity index (χ2v) is 7.71. The number of rotatable bonds is 7. The number of ether oxygens (including phenoxy) is 3. The van der Waals surface area contributed by atoms with Gasteiger partial charge in [-0.25, -0.2) is 4.39 Å². The van der Waals surface area contributed by atoms with Gasteiger partial charge in [0.1, 0.15) is 35.8 Å². The van der Waals surface area contributed by atoms with Gasteiger partial charge in [0.15, 0.2) is 0 Å². The molecule has 1 aliphatic rings. The maximum atomic E-state index is 14.7. The lowest BCUT2D eigenvalue weighted by molar-refractivity contribution is -0.274. The molecular weight excluding hydrogens is 438 g/mol. The third-order valence-electron chi connectivity index (χ3n) is 5.31. The summed E-state index contributed by atoms with van der Waals surface area (Å²) in [5.41, 5.74) is 1.51. The predicted molar refractivity (Wildman–Crippen MR) is 116 cm³/mol. The Morgan fingerprint density at radius 1 is 0.818 bits per heavy atom. The number of nitrogens with zero attached hydrogens (tertiary/aromatic N) is 1. The van der Waals surface area contributed by atoms with Crippen LogP contribution in [0.2, 0.25) is 0 Å². The first kappa shape index (κ1) is 22.8. The van der Waals surface area contributed by atoms with Gasteiger partial charge >= 0.3 is 6.36 Å². The molecule has 174 valence electrons. The van der Waals surface area contributed by atoms with Gasteiger partial charge in [-0.15, -0.1) is 13.2 Å². The normalized spacial score (nSPS) is 14.7. The minimum absolute atomic E-state index is 0.104. The van der Waals surface area contributed by atoms with Crippen molar-refractivity contribution < 1.29 is 31.8 Å². The molecule has 0 saturated carbocycles. The van der Waals surface area contributed by atoms with Crippen LogP contribution in [-0.4, -0.2) is 25.6 Å². The van der Waals surface area contributed by atoms with E-state index in [0.717, 1.165) is 5.56 Å². The van der Waals surface area contributed by atoms with Crippen LogP contribution in [0.15, 0.2) is 72.8 Å². The summed E-state index contributed by atoms with van der Waals surface area (Å²) in [4.78, 5) is 1.95. The molecule has 1 fully saturated rings. The van der Waals surface area contributed by atoms with Crippen LogP contribution in [0.1, 0.15) is 18.4 Å². The molecule has 4 rings (SSSR count). The van der Waals surface area contributed by atoms with Gasteiger partial charge in [-0.05, 0) is 42.0 Å². The van der Waals surface area contributed by atoms with E-state index < -0.39 is 6.36 Å². The predicted octanol–water partition coefficient (Wildman–Crippen LogP) is 6.35. The lowest BCUT2D eigenvalue weighted by atomic mass is 10.1. The fourth-order valence-electron chi connectivity index (χ4n) is 3.70. The molecule has 0 unspecified atom stereocenters. The van der Waals surface area contributed by atoms with Gasteiger partial charge in [-0.3, -0.25) is 0 Å². The molecule has 0 bridgehead atoms. The molecule has 1 aliphatic heterocycles. The van der Waals surface area contributed by atoms with Crippen LogP contribution in [0.3, 0.4) is 0 Å². The van der Waals surface area contributed by atoms with E-state index in [0.29, 0.717) is 49.7 Å². The molecule has 0 N–H and O–H groups in total. The van der Waals surface area contributed by atoms with Crippen LogP contribution < -0.4 is 19.1 Å². The zero-order valence-electron chi connectivity index (χ0n) is 17.7. The summed E-state index contributed by atoms with van der Waals surface area (Å²) in [6, 6.07) is 19.9. The molecule has 0 aliphatic carbocycles. The number of anilines is 1. The Hall–Kier alpha value is -3.42. The van der Waals surface area contributed by atoms with Crippen LogP contribution in [0.25, 0.3) is 0 Å². The fraction of sp³-hybridized carbons (Fsp3) is 0.280. The highest BCUT2D eigenvalue weighted by atomic mass is 19.4. The Labute approximate surface area is 189 Å². The van der Waals surface area contributed by atoms with Crippen LogP contribution in [0.5, 0.6) is 17.2 Å². The third-order valence-corrected chi connectivity index (χ3v) is 5.31. The minimum Gasteiger partial charge on any atom is -0.490 e. The van der Waals surface area contributed by atoms with Gasteiger partial charge in [0.25, 0.3) is 0 Å². The molecule has 8 heteroatoms. The summed E-state index contributed by atoms with van der Waals surface area (Å²) in [6.07, 6.45) is -3.51. The summed E-state index contributed by atoms with van der Waals surface area (Å²) in [6.45, 7) is 1.56. The highest BCUT2D eigenvalue weighted by molar-refractivity contribution is 5.51. The Morgan fingerprint density at radius 2 is 1.45 bits per heavy atom. The molecule has 0 amide bonds. The van der Waals surface area contributed by atoms with Crippen LogP contribution in [0.4, 0.5) is 23.2 Å². The van der Waals surface area contributed by atoms with Crippen molar-refractivity contribution in [2.75, 3.05) is 18.0 Å². The lowest BCUT2D eigenvalue weighted by Gasteiger charge is -2.34. The van der Waals surface area contributed by atoms with Crippen molar-refractivity contribution in [1.82, 2.24) is 0 Å². The molecule has 1 saturated heterocycles. The molecule has 0 spiro atoms. The Morgan fingerprint density at radius 3 is 2.09 bits per heavy atom. The van der Waals surface area contributed by atoms with E-state index in [9.17, 15) is 17.6 Å². The second kappa shape index (κ2) is 10.0. The maximum absolute atomic E-state index is 14.7. The number of hydrogen-bond acceptors (Lipinski definition) is 4. The number of hydrogen-bond donors (Lipinski definition) is 0. The first-order valence-corrected chi connectivity index (χ1v) is 10.6. The SMILES string of the molecule is Fc1cc(OCc2ccccc2)ccc1N1CCC(Oc2ccc(OC(F)(F)F)cc2)CC1. The smallest absolute Gasteiger partial charge is 0.490 e. The van der Waals surface area contributed by atoms with Crippen molar-refractivity contribution >= 4 is 5.69 Å². The quantitative estimate of drug-likeness (QED) is 0.384. The van der Waals surface area contributed by atoms with E-state index in [4.69, 9.17) is 9.47 Å². The van der Waals surface area contributed by atoms with Crippen LogP contribution in [-0.2, 0) is 6.61 Å². The van der Waals surface area contributed by atoms with Crippen LogP contribution >= 0.6 is 0 Å². The molecule has 0 aromatic heterocycles. The highest BCUT2D eigenvalue weighted by Crippen LogP contribution is 2.29. The van der Waals surface area contributed by atoms with Gasteiger partial charge in [0.05, 0.1) is 5.69 Å². The van der Waals surface area contributed by atoms with Crippen molar-refractivity contribution in [1.29, 1.82) is 0 Å². The van der Waals surface area contributed by atoms with E-state index in [-0.39, 0.29) is 17.7 Å². The van der Waals surface area contributed by atoms with Gasteiger partial charge in [-0.2, -0.15) is 0 Å². The largest absolute Gasteiger partial charge is 0.573 e. The van der Waals surface area contributed by atoms with Crippen molar-refractivity contribution in [2.45, 2.75) is 31.9 Å². The summed E-state index contributed by atoms with van der Waals surface area (Å²) in [5.74, 6) is 0.293. The second-order valence-electron chi connectivity index (χ2n) is 7.71. The fourth-order valence-corrected chi connectivity index (χ4v) is 3.70. The molecular formula is C25H23F4NO3. The summed E-state index contributed by atoms with van der Waals surface area (Å²) in [5, 5.41) is 0. The number of halogens is 4. The van der Waals surface area contributed by atoms with Gasteiger partial charge < -0.3 is 19.1 Å². The van der Waals surface area contributed by atoms with E-state index in [2.05, 4.69) is 4.74 Å². The molecule has 0 radical (unpaired) electrons. The monoisotopic (exact) mass is 461 g/mol. The average molecular weight is 461 g/mol. The number of piperidine rings is 1.